The molecule has 1 atom stereocenters. The first-order valence-corrected chi connectivity index (χ1v) is 9.62. The second kappa shape index (κ2) is 7.36. The number of para-hydroxylation sites is 3. The molecule has 0 bridgehead atoms. The number of aromatic nitrogens is 5. The number of carbonyl (C=O) groups is 1. The van der Waals surface area contributed by atoms with E-state index in [9.17, 15) is 4.79 Å². The Morgan fingerprint density at radius 3 is 2.57 bits per heavy atom. The van der Waals surface area contributed by atoms with Crippen LogP contribution < -0.4 is 5.32 Å². The van der Waals surface area contributed by atoms with E-state index in [1.54, 1.807) is 17.8 Å². The predicted molar refractivity (Wildman–Crippen MR) is 116 cm³/mol. The Bertz CT molecular complexity index is 1380. The highest BCUT2D eigenvalue weighted by Gasteiger charge is 2.19. The van der Waals surface area contributed by atoms with Crippen LogP contribution in [0.5, 0.6) is 0 Å². The van der Waals surface area contributed by atoms with Crippen molar-refractivity contribution in [1.29, 1.82) is 0 Å². The summed E-state index contributed by atoms with van der Waals surface area (Å²) < 4.78 is 1.63. The van der Waals surface area contributed by atoms with Crippen molar-refractivity contribution in [2.24, 2.45) is 0 Å². The Kier molecular flexibility index (Phi) is 4.40. The molecule has 0 radical (unpaired) electrons. The second-order valence-electron chi connectivity index (χ2n) is 7.01. The summed E-state index contributed by atoms with van der Waals surface area (Å²) in [5.41, 5.74) is 5.57. The van der Waals surface area contributed by atoms with Crippen LogP contribution in [0.15, 0.2) is 79.0 Å². The predicted octanol–water partition coefficient (Wildman–Crippen LogP) is 4.24. The molecule has 0 aliphatic carbocycles. The van der Waals surface area contributed by atoms with Crippen molar-refractivity contribution in [2.75, 3.05) is 5.32 Å². The van der Waals surface area contributed by atoms with E-state index in [-0.39, 0.29) is 5.91 Å². The Balaban J connectivity index is 1.40. The fourth-order valence-electron chi connectivity index (χ4n) is 3.38. The minimum absolute atomic E-state index is 0.174. The largest absolute Gasteiger partial charge is 0.324 e. The number of hydrogen-bond acceptors (Lipinski definition) is 5. The molecule has 1 amide bonds. The molecule has 3 aromatic carbocycles. The van der Waals surface area contributed by atoms with Crippen LogP contribution >= 0.6 is 0 Å². The molecule has 7 heteroatoms. The average Bonchev–Trinajstić information content (AvgIpc) is 3.22. The summed E-state index contributed by atoms with van der Waals surface area (Å²) >= 11 is 0. The molecule has 0 saturated heterocycles. The van der Waals surface area contributed by atoms with Crippen molar-refractivity contribution in [3.8, 4) is 11.3 Å². The van der Waals surface area contributed by atoms with Crippen LogP contribution in [0.3, 0.4) is 0 Å². The van der Waals surface area contributed by atoms with Crippen LogP contribution in [-0.4, -0.2) is 30.9 Å². The normalized spacial score (nSPS) is 12.2. The molecule has 2 aromatic heterocycles. The lowest BCUT2D eigenvalue weighted by Crippen LogP contribution is -2.24. The maximum absolute atomic E-state index is 12.8. The molecular formula is C23H18N6O. The number of carbonyl (C=O) groups excluding carboxylic acids is 1. The van der Waals surface area contributed by atoms with Gasteiger partial charge in [0.15, 0.2) is 0 Å². The van der Waals surface area contributed by atoms with Gasteiger partial charge in [0.25, 0.3) is 0 Å². The molecular weight excluding hydrogens is 376 g/mol. The SMILES string of the molecule is CC(C(=O)Nc1cccc(-c2cnc3ccccc3n2)c1)n1nnc2ccccc21. The number of amides is 1. The van der Waals surface area contributed by atoms with Crippen molar-refractivity contribution in [3.63, 3.8) is 0 Å². The molecule has 0 spiro atoms. The molecule has 0 aliphatic rings. The lowest BCUT2D eigenvalue weighted by Gasteiger charge is -2.13. The van der Waals surface area contributed by atoms with Crippen molar-refractivity contribution >= 4 is 33.7 Å². The van der Waals surface area contributed by atoms with Gasteiger partial charge >= 0.3 is 0 Å². The van der Waals surface area contributed by atoms with E-state index < -0.39 is 6.04 Å². The van der Waals surface area contributed by atoms with Gasteiger partial charge in [-0.2, -0.15) is 0 Å². The third-order valence-corrected chi connectivity index (χ3v) is 5.00. The first-order chi connectivity index (χ1) is 14.7. The average molecular weight is 394 g/mol. The molecule has 0 aliphatic heterocycles. The van der Waals surface area contributed by atoms with Crippen LogP contribution in [0, 0.1) is 0 Å². The fraction of sp³-hybridized carbons (Fsp3) is 0.0870. The van der Waals surface area contributed by atoms with Crippen molar-refractivity contribution in [1.82, 2.24) is 25.0 Å². The van der Waals surface area contributed by atoms with Crippen LogP contribution in [0.2, 0.25) is 0 Å². The Hall–Kier alpha value is -4.13. The third kappa shape index (κ3) is 3.26. The summed E-state index contributed by atoms with van der Waals surface area (Å²) in [5.74, 6) is -0.174. The molecule has 0 fully saturated rings. The zero-order valence-electron chi connectivity index (χ0n) is 16.2. The van der Waals surface area contributed by atoms with Gasteiger partial charge in [0.2, 0.25) is 5.91 Å². The maximum atomic E-state index is 12.8. The monoisotopic (exact) mass is 394 g/mol. The molecule has 5 aromatic rings. The van der Waals surface area contributed by atoms with Crippen LogP contribution in [0.1, 0.15) is 13.0 Å². The van der Waals surface area contributed by atoms with Crippen molar-refractivity contribution in [3.05, 3.63) is 79.0 Å². The summed E-state index contributed by atoms with van der Waals surface area (Å²) in [6.45, 7) is 1.80. The zero-order valence-corrected chi connectivity index (χ0v) is 16.2. The number of hydrogen-bond donors (Lipinski definition) is 1. The topological polar surface area (TPSA) is 85.6 Å². The summed E-state index contributed by atoms with van der Waals surface area (Å²) in [5, 5.41) is 11.2. The first-order valence-electron chi connectivity index (χ1n) is 9.62. The van der Waals surface area contributed by atoms with E-state index in [2.05, 4.69) is 25.6 Å². The molecule has 1 N–H and O–H groups in total. The second-order valence-corrected chi connectivity index (χ2v) is 7.01. The van der Waals surface area contributed by atoms with Gasteiger partial charge < -0.3 is 5.32 Å². The van der Waals surface area contributed by atoms with E-state index in [0.717, 1.165) is 33.3 Å². The quantitative estimate of drug-likeness (QED) is 0.493. The maximum Gasteiger partial charge on any atom is 0.249 e. The van der Waals surface area contributed by atoms with E-state index in [1.165, 1.54) is 0 Å². The van der Waals surface area contributed by atoms with Gasteiger partial charge in [-0.15, -0.1) is 5.10 Å². The smallest absolute Gasteiger partial charge is 0.249 e. The van der Waals surface area contributed by atoms with Crippen molar-refractivity contribution in [2.45, 2.75) is 13.0 Å². The van der Waals surface area contributed by atoms with E-state index >= 15 is 0 Å². The highest BCUT2D eigenvalue weighted by molar-refractivity contribution is 5.95. The van der Waals surface area contributed by atoms with Crippen LogP contribution in [0.25, 0.3) is 33.3 Å². The molecule has 5 rings (SSSR count). The Morgan fingerprint density at radius 2 is 1.70 bits per heavy atom. The van der Waals surface area contributed by atoms with Gasteiger partial charge in [-0.25, -0.2) is 9.67 Å². The highest BCUT2D eigenvalue weighted by atomic mass is 16.2. The van der Waals surface area contributed by atoms with Crippen LogP contribution in [-0.2, 0) is 4.79 Å². The third-order valence-electron chi connectivity index (χ3n) is 5.00. The number of benzene rings is 3. The van der Waals surface area contributed by atoms with Crippen LogP contribution in [0.4, 0.5) is 5.69 Å². The van der Waals surface area contributed by atoms with Crippen molar-refractivity contribution < 1.29 is 4.79 Å². The number of nitrogens with zero attached hydrogens (tertiary/aromatic N) is 5. The summed E-state index contributed by atoms with van der Waals surface area (Å²) in [7, 11) is 0. The minimum Gasteiger partial charge on any atom is -0.324 e. The summed E-state index contributed by atoms with van der Waals surface area (Å²) in [4.78, 5) is 22.0. The molecule has 30 heavy (non-hydrogen) atoms. The van der Waals surface area contributed by atoms with E-state index in [1.807, 2.05) is 72.8 Å². The number of fused-ring (bicyclic) bond motifs is 2. The van der Waals surface area contributed by atoms with Gasteiger partial charge in [0.05, 0.1) is 28.4 Å². The van der Waals surface area contributed by atoms with E-state index in [0.29, 0.717) is 5.69 Å². The summed E-state index contributed by atoms with van der Waals surface area (Å²) in [6.07, 6.45) is 1.74. The molecule has 2 heterocycles. The number of anilines is 1. The Labute approximate surface area is 172 Å². The van der Waals surface area contributed by atoms with Gasteiger partial charge in [0.1, 0.15) is 11.6 Å². The highest BCUT2D eigenvalue weighted by Crippen LogP contribution is 2.23. The van der Waals surface area contributed by atoms with Gasteiger partial charge in [-0.05, 0) is 43.3 Å². The minimum atomic E-state index is -0.512. The zero-order chi connectivity index (χ0) is 20.5. The van der Waals surface area contributed by atoms with Gasteiger partial charge in [-0.1, -0.05) is 41.6 Å². The Morgan fingerprint density at radius 1 is 0.933 bits per heavy atom. The molecule has 1 unspecified atom stereocenters. The van der Waals surface area contributed by atoms with Gasteiger partial charge in [-0.3, -0.25) is 9.78 Å². The first kappa shape index (κ1) is 17.9. The molecule has 7 nitrogen and oxygen atoms in total. The number of nitrogens with one attached hydrogen (secondary N) is 1. The number of rotatable bonds is 4. The molecule has 0 saturated carbocycles. The lowest BCUT2D eigenvalue weighted by molar-refractivity contribution is -0.119. The van der Waals surface area contributed by atoms with Gasteiger partial charge in [0, 0.05) is 11.3 Å². The van der Waals surface area contributed by atoms with E-state index in [4.69, 9.17) is 0 Å². The summed E-state index contributed by atoms with van der Waals surface area (Å²) in [6, 6.07) is 22.4. The fourth-order valence-corrected chi connectivity index (χ4v) is 3.38. The molecule has 146 valence electrons. The lowest BCUT2D eigenvalue weighted by atomic mass is 10.1. The standard InChI is InChI=1S/C23H18N6O/c1-15(29-22-12-5-4-11-20(22)27-28-29)23(30)25-17-8-6-7-16(13-17)21-14-24-18-9-2-3-10-19(18)26-21/h2-15H,1H3,(H,25,30).